The molecule has 2 heterocycles. The summed E-state index contributed by atoms with van der Waals surface area (Å²) in [7, 11) is 0. The molecule has 1 N–H and O–H groups in total. The van der Waals surface area contributed by atoms with Gasteiger partial charge in [0.2, 0.25) is 11.8 Å². The summed E-state index contributed by atoms with van der Waals surface area (Å²) in [5.41, 5.74) is 3.80. The summed E-state index contributed by atoms with van der Waals surface area (Å²) in [5, 5.41) is 3.02. The van der Waals surface area contributed by atoms with Crippen molar-refractivity contribution < 1.29 is 14.0 Å². The lowest BCUT2D eigenvalue weighted by molar-refractivity contribution is -0.129. The van der Waals surface area contributed by atoms with Gasteiger partial charge in [0, 0.05) is 43.2 Å². The highest BCUT2D eigenvalue weighted by molar-refractivity contribution is 5.96. The minimum atomic E-state index is -0.174. The SMILES string of the molecule is CC[C@@H](C(=O)Nc1ccc(-c2cc3c(o2)CCN(C(C)=O)C3)cc1)c1ccccc1. The lowest BCUT2D eigenvalue weighted by Gasteiger charge is -2.24. The standard InChI is InChI=1S/C25H26N2O3/c1-3-22(18-7-5-4-6-8-18)25(29)26-21-11-9-19(10-12-21)24-15-20-16-27(17(2)28)14-13-23(20)30-24/h4-12,15,22H,3,13-14,16H2,1-2H3,(H,26,29)/t22-/m1/s1. The summed E-state index contributed by atoms with van der Waals surface area (Å²) in [6, 6.07) is 19.6. The van der Waals surface area contributed by atoms with Gasteiger partial charge < -0.3 is 14.6 Å². The number of anilines is 1. The van der Waals surface area contributed by atoms with Gasteiger partial charge in [0.1, 0.15) is 11.5 Å². The van der Waals surface area contributed by atoms with Crippen LogP contribution in [0.2, 0.25) is 0 Å². The molecule has 30 heavy (non-hydrogen) atoms. The number of rotatable bonds is 5. The van der Waals surface area contributed by atoms with E-state index >= 15 is 0 Å². The van der Waals surface area contributed by atoms with Crippen molar-refractivity contribution >= 4 is 17.5 Å². The van der Waals surface area contributed by atoms with Crippen LogP contribution in [0.15, 0.2) is 65.1 Å². The van der Waals surface area contributed by atoms with Gasteiger partial charge in [-0.05, 0) is 42.3 Å². The molecular formula is C25H26N2O3. The maximum atomic E-state index is 12.8. The molecule has 0 bridgehead atoms. The number of carbonyl (C=O) groups excluding carboxylic acids is 2. The Kier molecular flexibility index (Phi) is 5.70. The van der Waals surface area contributed by atoms with Gasteiger partial charge in [-0.2, -0.15) is 0 Å². The van der Waals surface area contributed by atoms with Crippen molar-refractivity contribution in [1.29, 1.82) is 0 Å². The first-order valence-electron chi connectivity index (χ1n) is 10.4. The number of amides is 2. The van der Waals surface area contributed by atoms with Crippen LogP contribution in [0.3, 0.4) is 0 Å². The predicted molar refractivity (Wildman–Crippen MR) is 117 cm³/mol. The number of nitrogens with zero attached hydrogens (tertiary/aromatic N) is 1. The van der Waals surface area contributed by atoms with Crippen molar-refractivity contribution in [2.45, 2.75) is 39.2 Å². The summed E-state index contributed by atoms with van der Waals surface area (Å²) in [4.78, 5) is 26.2. The molecule has 0 saturated carbocycles. The van der Waals surface area contributed by atoms with E-state index in [-0.39, 0.29) is 17.7 Å². The summed E-state index contributed by atoms with van der Waals surface area (Å²) >= 11 is 0. The largest absolute Gasteiger partial charge is 0.461 e. The topological polar surface area (TPSA) is 62.6 Å². The second-order valence-corrected chi connectivity index (χ2v) is 7.69. The highest BCUT2D eigenvalue weighted by Gasteiger charge is 2.23. The Morgan fingerprint density at radius 3 is 2.50 bits per heavy atom. The van der Waals surface area contributed by atoms with Gasteiger partial charge in [-0.15, -0.1) is 0 Å². The summed E-state index contributed by atoms with van der Waals surface area (Å²) in [5.74, 6) is 1.65. The van der Waals surface area contributed by atoms with Gasteiger partial charge >= 0.3 is 0 Å². The van der Waals surface area contributed by atoms with Crippen LogP contribution in [0.4, 0.5) is 5.69 Å². The molecule has 3 aromatic rings. The molecule has 1 aliphatic heterocycles. The van der Waals surface area contributed by atoms with E-state index < -0.39 is 0 Å². The van der Waals surface area contributed by atoms with E-state index in [4.69, 9.17) is 4.42 Å². The molecular weight excluding hydrogens is 376 g/mol. The number of fused-ring (bicyclic) bond motifs is 1. The van der Waals surface area contributed by atoms with Crippen molar-refractivity contribution in [2.24, 2.45) is 0 Å². The molecule has 1 aliphatic rings. The fourth-order valence-corrected chi connectivity index (χ4v) is 3.95. The van der Waals surface area contributed by atoms with Crippen LogP contribution in [-0.2, 0) is 22.6 Å². The van der Waals surface area contributed by atoms with E-state index in [0.717, 1.165) is 46.7 Å². The highest BCUT2D eigenvalue weighted by atomic mass is 16.3. The van der Waals surface area contributed by atoms with Crippen LogP contribution in [0.5, 0.6) is 0 Å². The first kappa shape index (κ1) is 20.0. The van der Waals surface area contributed by atoms with Gasteiger partial charge in [0.05, 0.1) is 5.92 Å². The fourth-order valence-electron chi connectivity index (χ4n) is 3.95. The van der Waals surface area contributed by atoms with Gasteiger partial charge in [-0.25, -0.2) is 0 Å². The zero-order valence-electron chi connectivity index (χ0n) is 17.4. The maximum Gasteiger partial charge on any atom is 0.231 e. The van der Waals surface area contributed by atoms with Crippen LogP contribution >= 0.6 is 0 Å². The minimum absolute atomic E-state index is 0.00534. The fraction of sp³-hybridized carbons (Fsp3) is 0.280. The number of hydrogen-bond acceptors (Lipinski definition) is 3. The molecule has 0 fully saturated rings. The number of benzene rings is 2. The molecule has 1 aromatic heterocycles. The van der Waals surface area contributed by atoms with Crippen molar-refractivity contribution in [1.82, 2.24) is 4.90 Å². The third-order valence-corrected chi connectivity index (χ3v) is 5.68. The normalized spacial score (nSPS) is 14.1. The van der Waals surface area contributed by atoms with Crippen molar-refractivity contribution in [3.63, 3.8) is 0 Å². The molecule has 0 spiro atoms. The molecule has 5 nitrogen and oxygen atoms in total. The van der Waals surface area contributed by atoms with E-state index in [0.29, 0.717) is 13.1 Å². The van der Waals surface area contributed by atoms with E-state index in [1.165, 1.54) is 0 Å². The monoisotopic (exact) mass is 402 g/mol. The van der Waals surface area contributed by atoms with Crippen LogP contribution in [0.25, 0.3) is 11.3 Å². The minimum Gasteiger partial charge on any atom is -0.461 e. The lowest BCUT2D eigenvalue weighted by Crippen LogP contribution is -2.33. The molecule has 0 unspecified atom stereocenters. The molecule has 5 heteroatoms. The van der Waals surface area contributed by atoms with Crippen LogP contribution in [-0.4, -0.2) is 23.3 Å². The first-order valence-corrected chi connectivity index (χ1v) is 10.4. The molecule has 4 rings (SSSR count). The van der Waals surface area contributed by atoms with Crippen LogP contribution in [0, 0.1) is 0 Å². The van der Waals surface area contributed by atoms with E-state index in [9.17, 15) is 9.59 Å². The number of hydrogen-bond donors (Lipinski definition) is 1. The smallest absolute Gasteiger partial charge is 0.231 e. The van der Waals surface area contributed by atoms with Crippen molar-refractivity contribution in [3.05, 3.63) is 77.6 Å². The first-order chi connectivity index (χ1) is 14.5. The summed E-state index contributed by atoms with van der Waals surface area (Å²) < 4.78 is 6.03. The second kappa shape index (κ2) is 8.57. The summed E-state index contributed by atoms with van der Waals surface area (Å²) in [6.07, 6.45) is 1.48. The Morgan fingerprint density at radius 2 is 1.83 bits per heavy atom. The van der Waals surface area contributed by atoms with Crippen LogP contribution in [0.1, 0.15) is 43.1 Å². The van der Waals surface area contributed by atoms with Gasteiger partial charge in [-0.3, -0.25) is 9.59 Å². The van der Waals surface area contributed by atoms with Gasteiger partial charge in [-0.1, -0.05) is 37.3 Å². The quantitative estimate of drug-likeness (QED) is 0.654. The molecule has 1 atom stereocenters. The molecule has 154 valence electrons. The second-order valence-electron chi connectivity index (χ2n) is 7.69. The third-order valence-electron chi connectivity index (χ3n) is 5.68. The van der Waals surface area contributed by atoms with Crippen molar-refractivity contribution in [3.8, 4) is 11.3 Å². The van der Waals surface area contributed by atoms with Crippen molar-refractivity contribution in [2.75, 3.05) is 11.9 Å². The zero-order valence-corrected chi connectivity index (χ0v) is 17.4. The maximum absolute atomic E-state index is 12.8. The highest BCUT2D eigenvalue weighted by Crippen LogP contribution is 2.30. The van der Waals surface area contributed by atoms with E-state index in [1.807, 2.05) is 72.5 Å². The number of carbonyl (C=O) groups is 2. The average Bonchev–Trinajstić information content (AvgIpc) is 3.19. The molecule has 0 saturated heterocycles. The zero-order chi connectivity index (χ0) is 21.1. The lowest BCUT2D eigenvalue weighted by atomic mass is 9.95. The molecule has 0 radical (unpaired) electrons. The Morgan fingerprint density at radius 1 is 1.10 bits per heavy atom. The Hall–Kier alpha value is -3.34. The molecule has 2 amide bonds. The third kappa shape index (κ3) is 4.15. The number of nitrogens with one attached hydrogen (secondary N) is 1. The Bertz CT molecular complexity index is 1040. The number of furan rings is 1. The van der Waals surface area contributed by atoms with E-state index in [1.54, 1.807) is 6.92 Å². The van der Waals surface area contributed by atoms with Gasteiger partial charge in [0.15, 0.2) is 0 Å². The summed E-state index contributed by atoms with van der Waals surface area (Å²) in [6.45, 7) is 4.91. The van der Waals surface area contributed by atoms with Crippen LogP contribution < -0.4 is 5.32 Å². The Labute approximate surface area is 176 Å². The molecule has 0 aliphatic carbocycles. The predicted octanol–water partition coefficient (Wildman–Crippen LogP) is 4.98. The van der Waals surface area contributed by atoms with E-state index in [2.05, 4.69) is 5.32 Å². The Balaban J connectivity index is 1.46. The average molecular weight is 402 g/mol. The van der Waals surface area contributed by atoms with Gasteiger partial charge in [0.25, 0.3) is 0 Å². The molecule has 2 aromatic carbocycles.